The predicted octanol–water partition coefficient (Wildman–Crippen LogP) is 5.52. The Bertz CT molecular complexity index is 1830. The molecule has 1 atom stereocenters. The summed E-state index contributed by atoms with van der Waals surface area (Å²) in [4.78, 5) is 32.7. The molecule has 0 saturated carbocycles. The van der Waals surface area contributed by atoms with Crippen LogP contribution in [0.2, 0.25) is 0 Å². The van der Waals surface area contributed by atoms with Gasteiger partial charge in [0.15, 0.2) is 5.82 Å². The second-order valence-electron chi connectivity index (χ2n) is 8.73. The van der Waals surface area contributed by atoms with E-state index in [4.69, 9.17) is 5.73 Å². The van der Waals surface area contributed by atoms with E-state index < -0.39 is 0 Å². The molecule has 0 bridgehead atoms. The number of aromatic nitrogens is 5. The van der Waals surface area contributed by atoms with E-state index in [1.165, 1.54) is 0 Å². The van der Waals surface area contributed by atoms with E-state index in [0.717, 1.165) is 32.2 Å². The quantitative estimate of drug-likeness (QED) is 0.317. The Balaban J connectivity index is 1.57. The van der Waals surface area contributed by atoms with Gasteiger partial charge in [-0.05, 0) is 49.6 Å². The highest BCUT2D eigenvalue weighted by atomic mass is 32.1. The minimum absolute atomic E-state index is 0.0980. The molecule has 2 aromatic carbocycles. The van der Waals surface area contributed by atoms with E-state index in [2.05, 4.69) is 31.3 Å². The average Bonchev–Trinajstić information content (AvgIpc) is 3.34. The van der Waals surface area contributed by atoms with Gasteiger partial charge in [0.25, 0.3) is 5.56 Å². The maximum absolute atomic E-state index is 14.2. The van der Waals surface area contributed by atoms with Gasteiger partial charge in [-0.1, -0.05) is 36.4 Å². The number of thiazole rings is 1. The van der Waals surface area contributed by atoms with E-state index in [-0.39, 0.29) is 17.5 Å². The number of nitrogens with zero attached hydrogens (tertiary/aromatic N) is 5. The van der Waals surface area contributed by atoms with Crippen molar-refractivity contribution in [2.45, 2.75) is 19.9 Å². The molecule has 1 unspecified atom stereocenters. The van der Waals surface area contributed by atoms with Gasteiger partial charge >= 0.3 is 0 Å². The van der Waals surface area contributed by atoms with Crippen LogP contribution < -0.4 is 16.6 Å². The van der Waals surface area contributed by atoms with Gasteiger partial charge in [0, 0.05) is 29.3 Å². The fourth-order valence-corrected chi connectivity index (χ4v) is 5.41. The zero-order chi connectivity index (χ0) is 25.5. The number of nitrogen functional groups attached to an aromatic ring is 1. The molecule has 6 rings (SSSR count). The number of benzene rings is 2. The predicted molar refractivity (Wildman–Crippen MR) is 149 cm³/mol. The summed E-state index contributed by atoms with van der Waals surface area (Å²) in [6, 6.07) is 21.0. The second-order valence-corrected chi connectivity index (χ2v) is 9.96. The lowest BCUT2D eigenvalue weighted by molar-refractivity contribution is 0.774. The van der Waals surface area contributed by atoms with Crippen LogP contribution in [0.4, 0.5) is 11.8 Å². The molecule has 0 fully saturated rings. The van der Waals surface area contributed by atoms with Crippen LogP contribution in [-0.2, 0) is 0 Å². The Morgan fingerprint density at radius 3 is 2.62 bits per heavy atom. The standard InChI is InChI=1S/C28H23N7OS/c1-16(32-26-25-21(12-7-13-30-25)33-28(29)34-26)22-14-18-8-6-11-20(23-15-31-17(2)37-23)24(18)27(36)35(22)19-9-4-3-5-10-19/h3-16H,1-2H3,(H3,29,32,33,34). The first-order valence-corrected chi connectivity index (χ1v) is 12.6. The van der Waals surface area contributed by atoms with Gasteiger partial charge in [-0.2, -0.15) is 4.98 Å². The summed E-state index contributed by atoms with van der Waals surface area (Å²) < 4.78 is 1.76. The minimum atomic E-state index is -0.314. The van der Waals surface area contributed by atoms with Crippen molar-refractivity contribution in [1.29, 1.82) is 0 Å². The fourth-order valence-electron chi connectivity index (χ4n) is 4.60. The van der Waals surface area contributed by atoms with Crippen molar-refractivity contribution in [2.75, 3.05) is 11.1 Å². The van der Waals surface area contributed by atoms with E-state index in [9.17, 15) is 4.79 Å². The van der Waals surface area contributed by atoms with Crippen LogP contribution in [0, 0.1) is 6.92 Å². The average molecular weight is 506 g/mol. The molecule has 0 aliphatic carbocycles. The van der Waals surface area contributed by atoms with Crippen LogP contribution >= 0.6 is 11.3 Å². The molecular formula is C28H23N7OS. The first kappa shape index (κ1) is 22.8. The van der Waals surface area contributed by atoms with Crippen molar-refractivity contribution in [1.82, 2.24) is 24.5 Å². The summed E-state index contributed by atoms with van der Waals surface area (Å²) >= 11 is 1.58. The number of nitrogens with one attached hydrogen (secondary N) is 1. The van der Waals surface area contributed by atoms with Gasteiger partial charge in [0.1, 0.15) is 5.52 Å². The summed E-state index contributed by atoms with van der Waals surface area (Å²) in [6.45, 7) is 3.95. The van der Waals surface area contributed by atoms with Gasteiger partial charge in [0.2, 0.25) is 5.95 Å². The zero-order valence-electron chi connectivity index (χ0n) is 20.2. The Kier molecular flexibility index (Phi) is 5.61. The van der Waals surface area contributed by atoms with E-state index in [1.54, 1.807) is 28.2 Å². The van der Waals surface area contributed by atoms with E-state index in [1.807, 2.05) is 74.6 Å². The number of hydrogen-bond acceptors (Lipinski definition) is 8. The molecular weight excluding hydrogens is 482 g/mol. The first-order valence-electron chi connectivity index (χ1n) is 11.8. The second kappa shape index (κ2) is 9.11. The Labute approximate surface area is 216 Å². The van der Waals surface area contributed by atoms with Crippen molar-refractivity contribution in [3.05, 3.63) is 100 Å². The Morgan fingerprint density at radius 2 is 1.84 bits per heavy atom. The lowest BCUT2D eigenvalue weighted by atomic mass is 10.0. The molecule has 0 spiro atoms. The molecule has 4 aromatic heterocycles. The van der Waals surface area contributed by atoms with Gasteiger partial charge in [-0.3, -0.25) is 14.3 Å². The van der Waals surface area contributed by atoms with Gasteiger partial charge < -0.3 is 11.1 Å². The first-order chi connectivity index (χ1) is 18.0. The molecule has 0 radical (unpaired) electrons. The molecule has 182 valence electrons. The highest BCUT2D eigenvalue weighted by Gasteiger charge is 2.20. The monoisotopic (exact) mass is 505 g/mol. The van der Waals surface area contributed by atoms with Crippen LogP contribution in [0.25, 0.3) is 37.9 Å². The number of hydrogen-bond donors (Lipinski definition) is 2. The third kappa shape index (κ3) is 4.09. The largest absolute Gasteiger partial charge is 0.368 e. The third-order valence-electron chi connectivity index (χ3n) is 6.25. The molecule has 37 heavy (non-hydrogen) atoms. The van der Waals surface area contributed by atoms with Crippen LogP contribution in [0.15, 0.2) is 83.9 Å². The number of fused-ring (bicyclic) bond motifs is 2. The zero-order valence-corrected chi connectivity index (χ0v) is 21.0. The summed E-state index contributed by atoms with van der Waals surface area (Å²) in [5.74, 6) is 0.662. The summed E-state index contributed by atoms with van der Waals surface area (Å²) in [7, 11) is 0. The molecule has 4 heterocycles. The van der Waals surface area contributed by atoms with Crippen LogP contribution in [0.3, 0.4) is 0 Å². The summed E-state index contributed by atoms with van der Waals surface area (Å²) in [5, 5.41) is 5.90. The van der Waals surface area contributed by atoms with Crippen LogP contribution in [0.1, 0.15) is 23.7 Å². The van der Waals surface area contributed by atoms with Crippen molar-refractivity contribution in [3.63, 3.8) is 0 Å². The number of anilines is 2. The van der Waals surface area contributed by atoms with Gasteiger partial charge in [0.05, 0.1) is 26.8 Å². The molecule has 8 nitrogen and oxygen atoms in total. The lowest BCUT2D eigenvalue weighted by Gasteiger charge is -2.22. The summed E-state index contributed by atoms with van der Waals surface area (Å²) in [6.07, 6.45) is 3.52. The number of aryl methyl sites for hydroxylation is 1. The highest BCUT2D eigenvalue weighted by Crippen LogP contribution is 2.33. The minimum Gasteiger partial charge on any atom is -0.368 e. The molecule has 0 aliphatic rings. The van der Waals surface area contributed by atoms with Gasteiger partial charge in [-0.15, -0.1) is 11.3 Å². The lowest BCUT2D eigenvalue weighted by Crippen LogP contribution is -2.26. The molecule has 6 aromatic rings. The highest BCUT2D eigenvalue weighted by molar-refractivity contribution is 7.15. The third-order valence-corrected chi connectivity index (χ3v) is 7.19. The number of para-hydroxylation sites is 1. The van der Waals surface area contributed by atoms with E-state index in [0.29, 0.717) is 22.2 Å². The normalized spacial score (nSPS) is 12.2. The summed E-state index contributed by atoms with van der Waals surface area (Å²) in [5.41, 5.74) is 9.58. The van der Waals surface area contributed by atoms with Crippen molar-refractivity contribution < 1.29 is 0 Å². The molecule has 0 amide bonds. The van der Waals surface area contributed by atoms with Crippen LogP contribution in [0.5, 0.6) is 0 Å². The molecule has 0 saturated heterocycles. The molecule has 0 aliphatic heterocycles. The molecule has 9 heteroatoms. The smallest absolute Gasteiger partial charge is 0.263 e. The Hall–Kier alpha value is -4.63. The SMILES string of the molecule is Cc1ncc(-c2cccc3cc(C(C)Nc4nc(N)nc5cccnc45)n(-c4ccccc4)c(=O)c23)s1. The topological polar surface area (TPSA) is 112 Å². The Morgan fingerprint density at radius 1 is 1.00 bits per heavy atom. The number of pyridine rings is 2. The van der Waals surface area contributed by atoms with Crippen molar-refractivity contribution in [2.24, 2.45) is 0 Å². The number of rotatable bonds is 5. The van der Waals surface area contributed by atoms with Crippen molar-refractivity contribution in [3.8, 4) is 16.1 Å². The van der Waals surface area contributed by atoms with Gasteiger partial charge in [-0.25, -0.2) is 9.97 Å². The van der Waals surface area contributed by atoms with Crippen molar-refractivity contribution >= 4 is 44.9 Å². The van der Waals surface area contributed by atoms with E-state index >= 15 is 0 Å². The van der Waals surface area contributed by atoms with Crippen LogP contribution in [-0.4, -0.2) is 24.5 Å². The fraction of sp³-hybridized carbons (Fsp3) is 0.107. The molecule has 3 N–H and O–H groups in total. The number of nitrogens with two attached hydrogens (primary N) is 1. The maximum Gasteiger partial charge on any atom is 0.263 e. The maximum atomic E-state index is 14.2.